The van der Waals surface area contributed by atoms with Gasteiger partial charge in [0.25, 0.3) is 0 Å². The molecule has 1 N–H and O–H groups in total. The minimum absolute atomic E-state index is 0.156. The molecule has 2 unspecified atom stereocenters. The van der Waals surface area contributed by atoms with Crippen LogP contribution < -0.4 is 4.72 Å². The van der Waals surface area contributed by atoms with Crippen LogP contribution in [-0.2, 0) is 11.0 Å². The molecule has 1 aromatic rings. The van der Waals surface area contributed by atoms with Crippen molar-refractivity contribution in [3.05, 3.63) is 34.9 Å². The van der Waals surface area contributed by atoms with Gasteiger partial charge in [0.15, 0.2) is 0 Å². The van der Waals surface area contributed by atoms with Crippen molar-refractivity contribution >= 4 is 11.0 Å². The Hall–Kier alpha value is -0.670. The van der Waals surface area contributed by atoms with Gasteiger partial charge in [-0.1, -0.05) is 36.2 Å². The van der Waals surface area contributed by atoms with E-state index in [2.05, 4.69) is 43.7 Å². The van der Waals surface area contributed by atoms with E-state index in [-0.39, 0.29) is 10.8 Å². The van der Waals surface area contributed by atoms with Gasteiger partial charge in [-0.2, -0.15) is 0 Å². The molecule has 0 fully saturated rings. The smallest absolute Gasteiger partial charge is 0.0975 e. The van der Waals surface area contributed by atoms with Gasteiger partial charge in [-0.15, -0.1) is 0 Å². The van der Waals surface area contributed by atoms with Crippen LogP contribution in [0.25, 0.3) is 0 Å². The molecule has 102 valence electrons. The number of benzene rings is 1. The average Bonchev–Trinajstić information content (AvgIpc) is 2.22. The molecule has 1 rings (SSSR count). The Morgan fingerprint density at radius 3 is 2.06 bits per heavy atom. The van der Waals surface area contributed by atoms with Crippen molar-refractivity contribution in [3.63, 3.8) is 0 Å². The fraction of sp³-hybridized carbons (Fsp3) is 0.600. The van der Waals surface area contributed by atoms with Gasteiger partial charge in [0.05, 0.1) is 15.7 Å². The summed E-state index contributed by atoms with van der Waals surface area (Å²) >= 11 is 0. The summed E-state index contributed by atoms with van der Waals surface area (Å²) in [6, 6.07) is 6.67. The molecule has 0 heterocycles. The Kier molecular flexibility index (Phi) is 5.11. The van der Waals surface area contributed by atoms with Gasteiger partial charge in [0.2, 0.25) is 0 Å². The van der Waals surface area contributed by atoms with Gasteiger partial charge in [-0.25, -0.2) is 8.93 Å². The van der Waals surface area contributed by atoms with Gasteiger partial charge >= 0.3 is 0 Å². The molecule has 2 atom stereocenters. The number of hydrogen-bond donors (Lipinski definition) is 1. The molecule has 0 aromatic heterocycles. The second-order valence-electron chi connectivity index (χ2n) is 5.88. The number of hydrogen-bond acceptors (Lipinski definition) is 1. The van der Waals surface area contributed by atoms with Crippen molar-refractivity contribution < 1.29 is 4.21 Å². The first-order valence-electron chi connectivity index (χ1n) is 6.50. The van der Waals surface area contributed by atoms with E-state index in [1.165, 1.54) is 16.7 Å². The Labute approximate surface area is 114 Å². The van der Waals surface area contributed by atoms with Crippen molar-refractivity contribution in [2.75, 3.05) is 0 Å². The maximum absolute atomic E-state index is 12.2. The van der Waals surface area contributed by atoms with Crippen molar-refractivity contribution in [3.8, 4) is 0 Å². The van der Waals surface area contributed by atoms with Crippen molar-refractivity contribution in [1.82, 2.24) is 4.72 Å². The SMILES string of the molecule is CCC(NS(=O)C(C)(C)C)c1cc(C)cc(C)c1. The third-order valence-corrected chi connectivity index (χ3v) is 4.47. The highest BCUT2D eigenvalue weighted by atomic mass is 32.2. The van der Waals surface area contributed by atoms with E-state index in [1.54, 1.807) is 0 Å². The van der Waals surface area contributed by atoms with E-state index in [4.69, 9.17) is 0 Å². The van der Waals surface area contributed by atoms with Crippen molar-refractivity contribution in [1.29, 1.82) is 0 Å². The number of aryl methyl sites for hydroxylation is 2. The molecule has 0 spiro atoms. The molecule has 0 aliphatic carbocycles. The first-order chi connectivity index (χ1) is 8.24. The molecule has 0 aliphatic heterocycles. The Morgan fingerprint density at radius 1 is 1.17 bits per heavy atom. The highest BCUT2D eigenvalue weighted by molar-refractivity contribution is 7.84. The quantitative estimate of drug-likeness (QED) is 0.883. The Bertz CT molecular complexity index is 414. The molecule has 0 saturated carbocycles. The van der Waals surface area contributed by atoms with E-state index in [0.717, 1.165) is 6.42 Å². The molecule has 0 saturated heterocycles. The molecule has 3 heteroatoms. The van der Waals surface area contributed by atoms with Crippen LogP contribution in [0, 0.1) is 13.8 Å². The third-order valence-electron chi connectivity index (χ3n) is 2.86. The van der Waals surface area contributed by atoms with Crippen LogP contribution in [0.15, 0.2) is 18.2 Å². The molecule has 0 amide bonds. The van der Waals surface area contributed by atoms with Crippen LogP contribution >= 0.6 is 0 Å². The minimum atomic E-state index is -1.03. The van der Waals surface area contributed by atoms with Gasteiger partial charge in [-0.05, 0) is 46.6 Å². The summed E-state index contributed by atoms with van der Waals surface area (Å²) in [5.74, 6) is 0. The first-order valence-corrected chi connectivity index (χ1v) is 7.65. The lowest BCUT2D eigenvalue weighted by Gasteiger charge is -2.24. The second kappa shape index (κ2) is 5.98. The van der Waals surface area contributed by atoms with Gasteiger partial charge < -0.3 is 0 Å². The van der Waals surface area contributed by atoms with Crippen molar-refractivity contribution in [2.45, 2.75) is 58.8 Å². The van der Waals surface area contributed by atoms with Crippen LogP contribution in [0.4, 0.5) is 0 Å². The van der Waals surface area contributed by atoms with E-state index in [1.807, 2.05) is 20.8 Å². The van der Waals surface area contributed by atoms with Crippen LogP contribution in [0.3, 0.4) is 0 Å². The van der Waals surface area contributed by atoms with Crippen LogP contribution in [0.5, 0.6) is 0 Å². The van der Waals surface area contributed by atoms with Gasteiger partial charge in [0.1, 0.15) is 0 Å². The zero-order valence-corrected chi connectivity index (χ0v) is 13.1. The zero-order chi connectivity index (χ0) is 13.9. The molecular formula is C15H25NOS. The highest BCUT2D eigenvalue weighted by Gasteiger charge is 2.22. The van der Waals surface area contributed by atoms with Crippen LogP contribution in [-0.4, -0.2) is 8.96 Å². The largest absolute Gasteiger partial charge is 0.242 e. The lowest BCUT2D eigenvalue weighted by Crippen LogP contribution is -2.35. The third kappa shape index (κ3) is 4.21. The summed E-state index contributed by atoms with van der Waals surface area (Å²) in [4.78, 5) is 0. The molecule has 1 aromatic carbocycles. The van der Waals surface area contributed by atoms with E-state index in [9.17, 15) is 4.21 Å². The molecule has 2 nitrogen and oxygen atoms in total. The topological polar surface area (TPSA) is 29.1 Å². The van der Waals surface area contributed by atoms with E-state index in [0.29, 0.717) is 0 Å². The van der Waals surface area contributed by atoms with Gasteiger partial charge in [0, 0.05) is 6.04 Å². The maximum Gasteiger partial charge on any atom is 0.0975 e. The summed E-state index contributed by atoms with van der Waals surface area (Å²) in [5.41, 5.74) is 3.74. The Morgan fingerprint density at radius 2 is 1.67 bits per heavy atom. The summed E-state index contributed by atoms with van der Waals surface area (Å²) in [6.45, 7) is 12.3. The normalized spacial score (nSPS) is 15.4. The molecular weight excluding hydrogens is 242 g/mol. The molecule has 18 heavy (non-hydrogen) atoms. The predicted octanol–water partition coefficient (Wildman–Crippen LogP) is 3.81. The minimum Gasteiger partial charge on any atom is -0.242 e. The van der Waals surface area contributed by atoms with E-state index >= 15 is 0 Å². The van der Waals surface area contributed by atoms with Gasteiger partial charge in [-0.3, -0.25) is 0 Å². The maximum atomic E-state index is 12.2. The van der Waals surface area contributed by atoms with Crippen LogP contribution in [0.2, 0.25) is 0 Å². The fourth-order valence-corrected chi connectivity index (χ4v) is 2.82. The first kappa shape index (κ1) is 15.4. The monoisotopic (exact) mass is 267 g/mol. The number of nitrogens with one attached hydrogen (secondary N) is 1. The second-order valence-corrected chi connectivity index (χ2v) is 7.88. The summed E-state index contributed by atoms with van der Waals surface area (Å²) in [5, 5.41) is 0. The standard InChI is InChI=1S/C15H25NOS/c1-7-14(16-18(17)15(4,5)6)13-9-11(2)8-12(3)10-13/h8-10,14,16H,7H2,1-6H3. The summed E-state index contributed by atoms with van der Waals surface area (Å²) < 4.78 is 15.2. The van der Waals surface area contributed by atoms with E-state index < -0.39 is 11.0 Å². The molecule has 0 aliphatic rings. The molecule has 0 radical (unpaired) electrons. The lowest BCUT2D eigenvalue weighted by atomic mass is 10.0. The molecule has 0 bridgehead atoms. The zero-order valence-electron chi connectivity index (χ0n) is 12.3. The lowest BCUT2D eigenvalue weighted by molar-refractivity contribution is 0.588. The van der Waals surface area contributed by atoms with Crippen LogP contribution in [0.1, 0.15) is 56.8 Å². The fourth-order valence-electron chi connectivity index (χ4n) is 1.90. The highest BCUT2D eigenvalue weighted by Crippen LogP contribution is 2.22. The number of rotatable bonds is 4. The van der Waals surface area contributed by atoms with Crippen molar-refractivity contribution in [2.24, 2.45) is 0 Å². The summed E-state index contributed by atoms with van der Waals surface area (Å²) in [6.07, 6.45) is 0.935. The Balaban J connectivity index is 2.93. The summed E-state index contributed by atoms with van der Waals surface area (Å²) in [7, 11) is -1.03. The predicted molar refractivity (Wildman–Crippen MR) is 80.0 cm³/mol. The average molecular weight is 267 g/mol.